The average Bonchev–Trinajstić information content (AvgIpc) is 2.80. The molecule has 0 aromatic heterocycles. The minimum atomic E-state index is -4.31. The molecule has 0 heterocycles. The lowest BCUT2D eigenvalue weighted by Crippen LogP contribution is -2.20. The van der Waals surface area contributed by atoms with Crippen molar-refractivity contribution in [1.82, 2.24) is 0 Å². The molecule has 1 aromatic carbocycles. The smallest absolute Gasteiger partial charge is 0.324 e. The maximum absolute atomic E-state index is 12.9. The lowest BCUT2D eigenvalue weighted by molar-refractivity contribution is -0.138. The van der Waals surface area contributed by atoms with Crippen molar-refractivity contribution in [3.05, 3.63) is 35.4 Å². The van der Waals surface area contributed by atoms with Crippen molar-refractivity contribution in [3.8, 4) is 0 Å². The van der Waals surface area contributed by atoms with E-state index in [9.17, 15) is 13.2 Å². The minimum absolute atomic E-state index is 0.266. The van der Waals surface area contributed by atoms with Gasteiger partial charge in [-0.1, -0.05) is 24.6 Å². The molecule has 3 unspecified atom stereocenters. The lowest BCUT2D eigenvalue weighted by atomic mass is 9.93. The van der Waals surface area contributed by atoms with Gasteiger partial charge in [0.25, 0.3) is 0 Å². The minimum Gasteiger partial charge on any atom is -0.324 e. The fourth-order valence-corrected chi connectivity index (χ4v) is 3.66. The highest BCUT2D eigenvalue weighted by atomic mass is 19.4. The van der Waals surface area contributed by atoms with E-state index in [1.165, 1.54) is 18.6 Å². The van der Waals surface area contributed by atoms with Crippen molar-refractivity contribution in [2.75, 3.05) is 0 Å². The van der Waals surface area contributed by atoms with Crippen LogP contribution in [0.2, 0.25) is 0 Å². The number of fused-ring (bicyclic) bond motifs is 1. The third kappa shape index (κ3) is 1.83. The molecular formula is C14H16F3N. The van der Waals surface area contributed by atoms with Crippen LogP contribution >= 0.6 is 0 Å². The number of hydrogen-bond acceptors (Lipinski definition) is 1. The number of rotatable bonds is 2. The highest BCUT2D eigenvalue weighted by Crippen LogP contribution is 2.62. The van der Waals surface area contributed by atoms with Crippen LogP contribution in [0.3, 0.4) is 0 Å². The molecule has 1 aromatic rings. The maximum atomic E-state index is 12.9. The number of alkyl halides is 3. The average molecular weight is 255 g/mol. The Labute approximate surface area is 104 Å². The summed E-state index contributed by atoms with van der Waals surface area (Å²) in [6.45, 7) is 0. The predicted molar refractivity (Wildman–Crippen MR) is 62.7 cm³/mol. The molecule has 3 rings (SSSR count). The van der Waals surface area contributed by atoms with E-state index in [4.69, 9.17) is 5.73 Å². The Morgan fingerprint density at radius 3 is 2.33 bits per heavy atom. The molecule has 0 aliphatic heterocycles. The van der Waals surface area contributed by atoms with E-state index in [-0.39, 0.29) is 11.5 Å². The molecule has 2 N–H and O–H groups in total. The van der Waals surface area contributed by atoms with Gasteiger partial charge in [-0.05, 0) is 42.2 Å². The molecule has 18 heavy (non-hydrogen) atoms. The summed E-state index contributed by atoms with van der Waals surface area (Å²) in [6.07, 6.45) is -0.827. The van der Waals surface area contributed by atoms with E-state index in [1.54, 1.807) is 6.07 Å². The van der Waals surface area contributed by atoms with Crippen molar-refractivity contribution in [1.29, 1.82) is 0 Å². The summed E-state index contributed by atoms with van der Waals surface area (Å²) in [6, 6.07) is 5.27. The van der Waals surface area contributed by atoms with E-state index in [2.05, 4.69) is 0 Å². The lowest BCUT2D eigenvalue weighted by Gasteiger charge is -2.19. The number of halogens is 3. The molecule has 0 amide bonds. The summed E-state index contributed by atoms with van der Waals surface area (Å²) >= 11 is 0. The highest BCUT2D eigenvalue weighted by molar-refractivity contribution is 5.34. The van der Waals surface area contributed by atoms with E-state index in [0.29, 0.717) is 11.8 Å². The van der Waals surface area contributed by atoms with E-state index in [0.717, 1.165) is 18.9 Å². The summed E-state index contributed by atoms with van der Waals surface area (Å²) in [4.78, 5) is 0. The zero-order chi connectivity index (χ0) is 12.9. The molecule has 0 spiro atoms. The molecule has 1 nitrogen and oxygen atoms in total. The van der Waals surface area contributed by atoms with Crippen molar-refractivity contribution in [3.63, 3.8) is 0 Å². The van der Waals surface area contributed by atoms with Gasteiger partial charge in [-0.25, -0.2) is 0 Å². The van der Waals surface area contributed by atoms with Gasteiger partial charge in [0.1, 0.15) is 0 Å². The summed E-state index contributed by atoms with van der Waals surface area (Å²) in [5.41, 5.74) is 5.79. The van der Waals surface area contributed by atoms with Crippen molar-refractivity contribution >= 4 is 0 Å². The third-order valence-corrected chi connectivity index (χ3v) is 4.51. The number of hydrogen-bond donors (Lipinski definition) is 1. The van der Waals surface area contributed by atoms with Gasteiger partial charge in [0.15, 0.2) is 0 Å². The Bertz CT molecular complexity index is 445. The van der Waals surface area contributed by atoms with Crippen molar-refractivity contribution in [2.45, 2.75) is 31.5 Å². The SMILES string of the molecule is NC(c1ccccc1C(F)(F)F)C1C2CCCC21. The Morgan fingerprint density at radius 1 is 1.11 bits per heavy atom. The molecular weight excluding hydrogens is 239 g/mol. The largest absolute Gasteiger partial charge is 0.416 e. The first-order valence-electron chi connectivity index (χ1n) is 6.42. The second kappa shape index (κ2) is 3.98. The molecule has 2 fully saturated rings. The van der Waals surface area contributed by atoms with Gasteiger partial charge in [0, 0.05) is 6.04 Å². The standard InChI is InChI=1S/C14H16F3N/c15-14(16,17)11-7-2-1-4-10(11)13(18)12-8-5-3-6-9(8)12/h1-2,4,7-9,12-13H,3,5-6,18H2. The molecule has 3 atom stereocenters. The topological polar surface area (TPSA) is 26.0 Å². The first-order valence-corrected chi connectivity index (χ1v) is 6.42. The van der Waals surface area contributed by atoms with Gasteiger partial charge in [-0.15, -0.1) is 0 Å². The van der Waals surface area contributed by atoms with Crippen LogP contribution in [0.1, 0.15) is 36.4 Å². The second-order valence-corrected chi connectivity index (χ2v) is 5.45. The fourth-order valence-electron chi connectivity index (χ4n) is 3.66. The summed E-state index contributed by atoms with van der Waals surface area (Å²) < 4.78 is 38.8. The second-order valence-electron chi connectivity index (χ2n) is 5.45. The predicted octanol–water partition coefficient (Wildman–Crippen LogP) is 3.75. The zero-order valence-electron chi connectivity index (χ0n) is 9.95. The Morgan fingerprint density at radius 2 is 1.72 bits per heavy atom. The van der Waals surface area contributed by atoms with E-state index < -0.39 is 17.8 Å². The van der Waals surface area contributed by atoms with Gasteiger partial charge < -0.3 is 5.73 Å². The van der Waals surface area contributed by atoms with Crippen LogP contribution in [-0.4, -0.2) is 0 Å². The molecule has 2 aliphatic rings. The van der Waals surface area contributed by atoms with Crippen LogP contribution < -0.4 is 5.73 Å². The van der Waals surface area contributed by atoms with Crippen LogP contribution in [0.15, 0.2) is 24.3 Å². The van der Waals surface area contributed by atoms with Crippen molar-refractivity contribution in [2.24, 2.45) is 23.5 Å². The quantitative estimate of drug-likeness (QED) is 0.855. The van der Waals surface area contributed by atoms with Crippen LogP contribution in [0.5, 0.6) is 0 Å². The third-order valence-electron chi connectivity index (χ3n) is 4.51. The first kappa shape index (κ1) is 12.0. The molecule has 0 saturated heterocycles. The number of benzene rings is 1. The van der Waals surface area contributed by atoms with Gasteiger partial charge in [0.2, 0.25) is 0 Å². The van der Waals surface area contributed by atoms with Gasteiger partial charge in [-0.2, -0.15) is 13.2 Å². The zero-order valence-corrected chi connectivity index (χ0v) is 9.95. The van der Waals surface area contributed by atoms with E-state index >= 15 is 0 Å². The van der Waals surface area contributed by atoms with Crippen LogP contribution in [-0.2, 0) is 6.18 Å². The Balaban J connectivity index is 1.88. The van der Waals surface area contributed by atoms with Crippen LogP contribution in [0.4, 0.5) is 13.2 Å². The Hall–Kier alpha value is -1.03. The molecule has 2 saturated carbocycles. The summed E-state index contributed by atoms with van der Waals surface area (Å²) in [7, 11) is 0. The van der Waals surface area contributed by atoms with Gasteiger partial charge in [0.05, 0.1) is 5.56 Å². The molecule has 2 aliphatic carbocycles. The first-order chi connectivity index (χ1) is 8.50. The molecule has 0 radical (unpaired) electrons. The molecule has 4 heteroatoms. The summed E-state index contributed by atoms with van der Waals surface area (Å²) in [5, 5.41) is 0. The van der Waals surface area contributed by atoms with Crippen LogP contribution in [0.25, 0.3) is 0 Å². The fraction of sp³-hybridized carbons (Fsp3) is 0.571. The van der Waals surface area contributed by atoms with Gasteiger partial charge in [-0.3, -0.25) is 0 Å². The normalized spacial score (nSPS) is 32.1. The monoisotopic (exact) mass is 255 g/mol. The van der Waals surface area contributed by atoms with Crippen LogP contribution in [0, 0.1) is 17.8 Å². The molecule has 0 bridgehead atoms. The molecule has 98 valence electrons. The highest BCUT2D eigenvalue weighted by Gasteiger charge is 2.56. The van der Waals surface area contributed by atoms with Crippen molar-refractivity contribution < 1.29 is 13.2 Å². The Kier molecular flexibility index (Phi) is 2.66. The van der Waals surface area contributed by atoms with E-state index in [1.807, 2.05) is 0 Å². The van der Waals surface area contributed by atoms with Gasteiger partial charge >= 0.3 is 6.18 Å². The number of nitrogens with two attached hydrogens (primary N) is 1. The maximum Gasteiger partial charge on any atom is 0.416 e. The summed E-state index contributed by atoms with van der Waals surface area (Å²) in [5.74, 6) is 1.41.